The van der Waals surface area contributed by atoms with Gasteiger partial charge in [-0.2, -0.15) is 12.7 Å². The van der Waals surface area contributed by atoms with Crippen molar-refractivity contribution < 1.29 is 13.2 Å². The highest BCUT2D eigenvalue weighted by molar-refractivity contribution is 7.86. The molecule has 1 aliphatic rings. The first-order valence-corrected chi connectivity index (χ1v) is 14.4. The molecule has 2 aromatic heterocycles. The molecule has 40 heavy (non-hydrogen) atoms. The summed E-state index contributed by atoms with van der Waals surface area (Å²) in [7, 11) is -3.86. The third-order valence-electron chi connectivity index (χ3n) is 6.59. The molecule has 0 spiro atoms. The summed E-state index contributed by atoms with van der Waals surface area (Å²) < 4.78 is 27.3. The van der Waals surface area contributed by atoms with Crippen molar-refractivity contribution in [3.8, 4) is 16.9 Å². The molecule has 4 aromatic rings. The van der Waals surface area contributed by atoms with Gasteiger partial charge in [0.05, 0.1) is 23.9 Å². The molecule has 0 radical (unpaired) electrons. The van der Waals surface area contributed by atoms with Crippen molar-refractivity contribution in [3.05, 3.63) is 93.2 Å². The van der Waals surface area contributed by atoms with E-state index in [1.807, 2.05) is 30.3 Å². The van der Waals surface area contributed by atoms with Crippen LogP contribution in [0.2, 0.25) is 10.2 Å². The Morgan fingerprint density at radius 1 is 1.02 bits per heavy atom. The van der Waals surface area contributed by atoms with E-state index >= 15 is 0 Å². The van der Waals surface area contributed by atoms with Gasteiger partial charge in [0.1, 0.15) is 6.04 Å². The van der Waals surface area contributed by atoms with E-state index in [9.17, 15) is 18.0 Å². The molecule has 208 valence electrons. The zero-order valence-corrected chi connectivity index (χ0v) is 23.3. The molecule has 2 aromatic carbocycles. The van der Waals surface area contributed by atoms with Gasteiger partial charge in [0, 0.05) is 49.3 Å². The fourth-order valence-electron chi connectivity index (χ4n) is 4.58. The number of carbonyl (C=O) groups excluding carboxylic acids is 1. The highest BCUT2D eigenvalue weighted by Crippen LogP contribution is 2.28. The topological polar surface area (TPSA) is 149 Å². The molecular formula is C25H24Cl2N8O4S. The SMILES string of the molecule is NS(=O)(=O)N1CCN(C(=O)[C@H](Cc2ccccc2)n2cnc(-c3cc(Cl)ccc3-n3cc(Cl)nn3)cc2=O)CC1. The van der Waals surface area contributed by atoms with E-state index < -0.39 is 21.8 Å². The molecule has 3 heterocycles. The Kier molecular flexibility index (Phi) is 8.01. The monoisotopic (exact) mass is 602 g/mol. The summed E-state index contributed by atoms with van der Waals surface area (Å²) in [5, 5.41) is 13.7. The molecule has 2 N–H and O–H groups in total. The van der Waals surface area contributed by atoms with Crippen LogP contribution in [0.25, 0.3) is 16.9 Å². The van der Waals surface area contributed by atoms with Gasteiger partial charge >= 0.3 is 0 Å². The molecule has 1 saturated heterocycles. The van der Waals surface area contributed by atoms with Crippen molar-refractivity contribution >= 4 is 39.3 Å². The molecule has 15 heteroatoms. The van der Waals surface area contributed by atoms with E-state index in [0.29, 0.717) is 22.0 Å². The van der Waals surface area contributed by atoms with Gasteiger partial charge in [-0.15, -0.1) is 5.10 Å². The van der Waals surface area contributed by atoms with Gasteiger partial charge in [-0.1, -0.05) is 58.7 Å². The molecule has 5 rings (SSSR count). The Balaban J connectivity index is 1.50. The van der Waals surface area contributed by atoms with Crippen LogP contribution in [0, 0.1) is 0 Å². The molecule has 1 amide bonds. The normalized spacial score (nSPS) is 15.2. The quantitative estimate of drug-likeness (QED) is 0.339. The molecule has 0 saturated carbocycles. The number of nitrogens with two attached hydrogens (primary N) is 1. The first-order valence-electron chi connectivity index (χ1n) is 12.2. The summed E-state index contributed by atoms with van der Waals surface area (Å²) in [5.74, 6) is -0.324. The molecular weight excluding hydrogens is 579 g/mol. The van der Waals surface area contributed by atoms with Gasteiger partial charge in [-0.25, -0.2) is 14.8 Å². The first-order chi connectivity index (χ1) is 19.1. The van der Waals surface area contributed by atoms with Crippen LogP contribution < -0.4 is 10.7 Å². The zero-order valence-electron chi connectivity index (χ0n) is 21.0. The van der Waals surface area contributed by atoms with Gasteiger partial charge < -0.3 is 4.90 Å². The maximum Gasteiger partial charge on any atom is 0.277 e. The number of carbonyl (C=O) groups is 1. The predicted molar refractivity (Wildman–Crippen MR) is 149 cm³/mol. The minimum absolute atomic E-state index is 0.0680. The standard InChI is InChI=1S/C25H24Cl2N8O4S/c26-18-6-7-21(35-15-23(27)30-31-35)19(13-18)20-14-24(36)34(16-29-20)22(12-17-4-2-1-3-5-17)25(37)32-8-10-33(11-9-32)40(28,38)39/h1-7,13-16,22H,8-12H2,(H2,28,38,39)/t22-/m0/s1. The summed E-state index contributed by atoms with van der Waals surface area (Å²) in [6.07, 6.45) is 3.08. The van der Waals surface area contributed by atoms with Crippen LogP contribution in [0.1, 0.15) is 11.6 Å². The average molecular weight is 603 g/mol. The first kappa shape index (κ1) is 27.9. The lowest BCUT2D eigenvalue weighted by Gasteiger charge is -2.35. The minimum Gasteiger partial charge on any atom is -0.338 e. The van der Waals surface area contributed by atoms with E-state index in [1.165, 1.54) is 27.8 Å². The fourth-order valence-corrected chi connectivity index (χ4v) is 5.55. The number of piperazine rings is 1. The van der Waals surface area contributed by atoms with Crippen LogP contribution in [0.5, 0.6) is 0 Å². The summed E-state index contributed by atoms with van der Waals surface area (Å²) >= 11 is 12.2. The lowest BCUT2D eigenvalue weighted by atomic mass is 10.0. The van der Waals surface area contributed by atoms with E-state index in [4.69, 9.17) is 28.3 Å². The fraction of sp³-hybridized carbons (Fsp3) is 0.240. The highest BCUT2D eigenvalue weighted by Gasteiger charge is 2.32. The Labute approximate surface area is 239 Å². The second-order valence-corrected chi connectivity index (χ2v) is 11.5. The molecule has 1 atom stereocenters. The van der Waals surface area contributed by atoms with Crippen LogP contribution in [-0.4, -0.2) is 74.3 Å². The maximum atomic E-state index is 13.7. The molecule has 12 nitrogen and oxygen atoms in total. The third kappa shape index (κ3) is 6.08. The summed E-state index contributed by atoms with van der Waals surface area (Å²) in [6, 6.07) is 14.7. The zero-order chi connectivity index (χ0) is 28.4. The molecule has 0 bridgehead atoms. The molecule has 0 unspecified atom stereocenters. The summed E-state index contributed by atoms with van der Waals surface area (Å²) in [4.78, 5) is 33.3. The highest BCUT2D eigenvalue weighted by atomic mass is 35.5. The van der Waals surface area contributed by atoms with Crippen LogP contribution in [0.15, 0.2) is 71.9 Å². The van der Waals surface area contributed by atoms with Crippen molar-refractivity contribution in [3.63, 3.8) is 0 Å². The lowest BCUT2D eigenvalue weighted by molar-refractivity contribution is -0.136. The Hall–Kier alpha value is -3.62. The van der Waals surface area contributed by atoms with Crippen LogP contribution in [-0.2, 0) is 21.4 Å². The van der Waals surface area contributed by atoms with Gasteiger partial charge in [-0.05, 0) is 23.8 Å². The largest absolute Gasteiger partial charge is 0.338 e. The van der Waals surface area contributed by atoms with Crippen molar-refractivity contribution in [2.75, 3.05) is 26.2 Å². The Morgan fingerprint density at radius 3 is 2.38 bits per heavy atom. The van der Waals surface area contributed by atoms with Crippen molar-refractivity contribution in [2.24, 2.45) is 5.14 Å². The number of nitrogens with zero attached hydrogens (tertiary/aromatic N) is 7. The van der Waals surface area contributed by atoms with Crippen LogP contribution in [0.4, 0.5) is 0 Å². The number of halogens is 2. The van der Waals surface area contributed by atoms with Gasteiger partial charge in [0.15, 0.2) is 5.15 Å². The number of amides is 1. The second kappa shape index (κ2) is 11.5. The smallest absolute Gasteiger partial charge is 0.277 e. The van der Waals surface area contributed by atoms with E-state index in [2.05, 4.69) is 15.3 Å². The number of rotatable bonds is 7. The van der Waals surface area contributed by atoms with Gasteiger partial charge in [0.25, 0.3) is 15.8 Å². The van der Waals surface area contributed by atoms with E-state index in [1.54, 1.807) is 23.1 Å². The lowest BCUT2D eigenvalue weighted by Crippen LogP contribution is -2.54. The summed E-state index contributed by atoms with van der Waals surface area (Å²) in [5.41, 5.74) is 1.78. The average Bonchev–Trinajstić information content (AvgIpc) is 3.37. The number of aromatic nitrogens is 5. The number of benzene rings is 2. The number of hydrogen-bond donors (Lipinski definition) is 1. The van der Waals surface area contributed by atoms with Gasteiger partial charge in [0.2, 0.25) is 5.91 Å². The molecule has 0 aliphatic carbocycles. The molecule has 1 aliphatic heterocycles. The van der Waals surface area contributed by atoms with Crippen molar-refractivity contribution in [1.82, 2.24) is 33.8 Å². The maximum absolute atomic E-state index is 13.7. The Morgan fingerprint density at radius 2 is 1.75 bits per heavy atom. The molecule has 1 fully saturated rings. The van der Waals surface area contributed by atoms with Crippen LogP contribution in [0.3, 0.4) is 0 Å². The number of hydrogen-bond acceptors (Lipinski definition) is 7. The van der Waals surface area contributed by atoms with E-state index in [-0.39, 0.29) is 43.7 Å². The predicted octanol–water partition coefficient (Wildman–Crippen LogP) is 1.93. The van der Waals surface area contributed by atoms with Crippen molar-refractivity contribution in [1.29, 1.82) is 0 Å². The van der Waals surface area contributed by atoms with Crippen molar-refractivity contribution in [2.45, 2.75) is 12.5 Å². The third-order valence-corrected chi connectivity index (χ3v) is 8.08. The van der Waals surface area contributed by atoms with Gasteiger partial charge in [-0.3, -0.25) is 14.2 Å². The van der Waals surface area contributed by atoms with E-state index in [0.717, 1.165) is 9.87 Å². The Bertz CT molecular complexity index is 1700. The minimum atomic E-state index is -3.86. The van der Waals surface area contributed by atoms with Crippen LogP contribution >= 0.6 is 23.2 Å². The summed E-state index contributed by atoms with van der Waals surface area (Å²) in [6.45, 7) is 0.428. The second-order valence-electron chi connectivity index (χ2n) is 9.14.